The second kappa shape index (κ2) is 7.08. The number of fused-ring (bicyclic) bond motifs is 2. The number of carbonyl (C=O) groups excluding carboxylic acids is 2. The van der Waals surface area contributed by atoms with Gasteiger partial charge in [-0.2, -0.15) is 0 Å². The molecule has 27 heavy (non-hydrogen) atoms. The zero-order valence-electron chi connectivity index (χ0n) is 14.5. The van der Waals surface area contributed by atoms with Crippen LogP contribution in [-0.4, -0.2) is 30.0 Å². The van der Waals surface area contributed by atoms with Crippen LogP contribution in [0.5, 0.6) is 11.5 Å². The molecule has 2 aromatic carbocycles. The van der Waals surface area contributed by atoms with Crippen molar-refractivity contribution in [2.75, 3.05) is 13.2 Å². The lowest BCUT2D eigenvalue weighted by Crippen LogP contribution is -2.19. The topological polar surface area (TPSA) is 77.6 Å². The van der Waals surface area contributed by atoms with Gasteiger partial charge < -0.3 is 19.2 Å². The molecule has 7 heteroatoms. The van der Waals surface area contributed by atoms with Gasteiger partial charge in [-0.25, -0.2) is 4.79 Å². The third-order valence-corrected chi connectivity index (χ3v) is 5.11. The third kappa shape index (κ3) is 3.30. The lowest BCUT2D eigenvalue weighted by Gasteiger charge is -2.19. The van der Waals surface area contributed by atoms with Gasteiger partial charge in [0.05, 0.1) is 5.56 Å². The van der Waals surface area contributed by atoms with Gasteiger partial charge in [0.25, 0.3) is 5.78 Å². The van der Waals surface area contributed by atoms with E-state index in [4.69, 9.17) is 14.2 Å². The van der Waals surface area contributed by atoms with E-state index < -0.39 is 11.8 Å². The van der Waals surface area contributed by atoms with Crippen LogP contribution in [0.4, 0.5) is 0 Å². The molecule has 0 radical (unpaired) electrons. The first-order valence-electron chi connectivity index (χ1n) is 8.41. The first-order chi connectivity index (χ1) is 13.0. The van der Waals surface area contributed by atoms with Gasteiger partial charge in [-0.15, -0.1) is 0 Å². The summed E-state index contributed by atoms with van der Waals surface area (Å²) >= 11 is 3.43. The second-order valence-electron chi connectivity index (χ2n) is 6.16. The fourth-order valence-corrected chi connectivity index (χ4v) is 3.53. The predicted molar refractivity (Wildman–Crippen MR) is 102 cm³/mol. The van der Waals surface area contributed by atoms with E-state index in [0.717, 1.165) is 9.99 Å². The minimum absolute atomic E-state index is 0.0524. The molecule has 0 aliphatic carbocycles. The molecule has 1 N–H and O–H groups in total. The quantitative estimate of drug-likeness (QED) is 0.386. The van der Waals surface area contributed by atoms with E-state index in [2.05, 4.69) is 20.9 Å². The minimum atomic E-state index is -0.898. The van der Waals surface area contributed by atoms with E-state index in [0.29, 0.717) is 46.9 Å². The summed E-state index contributed by atoms with van der Waals surface area (Å²) in [6, 6.07) is 10.9. The van der Waals surface area contributed by atoms with Crippen molar-refractivity contribution in [3.05, 3.63) is 57.7 Å². The molecule has 2 heterocycles. The fraction of sp³-hybridized carbons (Fsp3) is 0.200. The molecule has 0 atom stereocenters. The molecule has 138 valence electrons. The molecule has 0 saturated carbocycles. The van der Waals surface area contributed by atoms with Crippen molar-refractivity contribution in [1.29, 1.82) is 0 Å². The lowest BCUT2D eigenvalue weighted by atomic mass is 10.1. The van der Waals surface area contributed by atoms with Crippen molar-refractivity contribution < 1.29 is 23.8 Å². The minimum Gasteiger partial charge on any atom is -0.486 e. The van der Waals surface area contributed by atoms with Gasteiger partial charge >= 0.3 is 5.97 Å². The summed E-state index contributed by atoms with van der Waals surface area (Å²) in [6.07, 6.45) is 0. The van der Waals surface area contributed by atoms with E-state index in [9.17, 15) is 9.59 Å². The maximum Gasteiger partial charge on any atom is 0.380 e. The largest absolute Gasteiger partial charge is 0.486 e. The van der Waals surface area contributed by atoms with Gasteiger partial charge in [0.1, 0.15) is 19.8 Å². The monoisotopic (exact) mass is 429 g/mol. The first kappa shape index (κ1) is 17.6. The van der Waals surface area contributed by atoms with Crippen LogP contribution in [0.15, 0.2) is 40.9 Å². The van der Waals surface area contributed by atoms with Crippen LogP contribution >= 0.6 is 15.9 Å². The van der Waals surface area contributed by atoms with Crippen molar-refractivity contribution in [2.24, 2.45) is 0 Å². The fourth-order valence-electron chi connectivity index (χ4n) is 3.10. The highest BCUT2D eigenvalue weighted by molar-refractivity contribution is 9.10. The van der Waals surface area contributed by atoms with Crippen LogP contribution in [0, 0.1) is 6.92 Å². The number of hydrogen-bond acceptors (Lipinski definition) is 5. The van der Waals surface area contributed by atoms with Crippen LogP contribution in [0.25, 0.3) is 10.9 Å². The number of esters is 1. The van der Waals surface area contributed by atoms with Crippen LogP contribution in [0.3, 0.4) is 0 Å². The number of Topliss-reactive ketones (excluding diaryl/α,β-unsaturated/α-hetero) is 1. The number of benzene rings is 2. The average molecular weight is 430 g/mol. The van der Waals surface area contributed by atoms with Crippen LogP contribution in [-0.2, 0) is 16.1 Å². The van der Waals surface area contributed by atoms with Gasteiger partial charge in [0.2, 0.25) is 0 Å². The Morgan fingerprint density at radius 3 is 2.63 bits per heavy atom. The number of ketones is 1. The molecule has 0 saturated heterocycles. The number of ether oxygens (including phenoxy) is 3. The van der Waals surface area contributed by atoms with Gasteiger partial charge in [0, 0.05) is 26.6 Å². The Bertz CT molecular complexity index is 1060. The number of para-hydroxylation sites is 1. The molecule has 0 unspecified atom stereocenters. The Labute approximate surface area is 163 Å². The number of rotatable bonds is 4. The zero-order valence-corrected chi connectivity index (χ0v) is 16.1. The van der Waals surface area contributed by atoms with Crippen molar-refractivity contribution in [2.45, 2.75) is 13.5 Å². The highest BCUT2D eigenvalue weighted by atomic mass is 79.9. The zero-order chi connectivity index (χ0) is 19.0. The lowest BCUT2D eigenvalue weighted by molar-refractivity contribution is -0.139. The number of carbonyl (C=O) groups is 2. The van der Waals surface area contributed by atoms with Crippen molar-refractivity contribution in [3.63, 3.8) is 0 Å². The highest BCUT2D eigenvalue weighted by Gasteiger charge is 2.24. The molecule has 1 aromatic heterocycles. The summed E-state index contributed by atoms with van der Waals surface area (Å²) in [5, 5.41) is 0.706. The normalized spacial score (nSPS) is 12.8. The summed E-state index contributed by atoms with van der Waals surface area (Å²) in [4.78, 5) is 28.1. The number of aryl methyl sites for hydroxylation is 1. The van der Waals surface area contributed by atoms with Crippen LogP contribution in [0.1, 0.15) is 21.6 Å². The summed E-state index contributed by atoms with van der Waals surface area (Å²) < 4.78 is 17.0. The highest BCUT2D eigenvalue weighted by Crippen LogP contribution is 2.35. The molecule has 1 aliphatic rings. The molecular weight excluding hydrogens is 414 g/mol. The molecule has 0 fully saturated rings. The van der Waals surface area contributed by atoms with Gasteiger partial charge in [-0.05, 0) is 25.1 Å². The number of H-pyrrole nitrogens is 1. The van der Waals surface area contributed by atoms with E-state index in [1.54, 1.807) is 25.1 Å². The van der Waals surface area contributed by atoms with E-state index in [1.165, 1.54) is 0 Å². The maximum absolute atomic E-state index is 12.6. The van der Waals surface area contributed by atoms with E-state index >= 15 is 0 Å². The third-order valence-electron chi connectivity index (χ3n) is 4.38. The van der Waals surface area contributed by atoms with Gasteiger partial charge in [-0.3, -0.25) is 4.79 Å². The molecule has 1 aliphatic heterocycles. The Hall–Kier alpha value is -2.80. The summed E-state index contributed by atoms with van der Waals surface area (Å²) in [7, 11) is 0. The molecule has 4 rings (SSSR count). The second-order valence-corrected chi connectivity index (χ2v) is 7.02. The average Bonchev–Trinajstić information content (AvgIpc) is 3.01. The Morgan fingerprint density at radius 2 is 1.85 bits per heavy atom. The van der Waals surface area contributed by atoms with Crippen LogP contribution in [0.2, 0.25) is 0 Å². The number of halogens is 1. The van der Waals surface area contributed by atoms with Crippen molar-refractivity contribution in [3.8, 4) is 11.5 Å². The molecular formula is C20H16BrNO5. The summed E-state index contributed by atoms with van der Waals surface area (Å²) in [6.45, 7) is 2.67. The molecule has 6 nitrogen and oxygen atoms in total. The Balaban J connectivity index is 1.53. The first-order valence-corrected chi connectivity index (χ1v) is 9.20. The van der Waals surface area contributed by atoms with Gasteiger partial charge in [-0.1, -0.05) is 34.1 Å². The van der Waals surface area contributed by atoms with Gasteiger partial charge in [0.15, 0.2) is 11.5 Å². The SMILES string of the molecule is Cc1[nH]c2ccccc2c1C(=O)C(=O)OCc1cc2c(cc1Br)OCCO2. The number of aromatic amines is 1. The molecule has 0 bridgehead atoms. The Morgan fingerprint density at radius 1 is 1.15 bits per heavy atom. The molecule has 0 spiro atoms. The number of aromatic nitrogens is 1. The van der Waals surface area contributed by atoms with E-state index in [-0.39, 0.29) is 6.61 Å². The predicted octanol–water partition coefficient (Wildman–Crippen LogP) is 3.94. The Kier molecular flexibility index (Phi) is 4.61. The maximum atomic E-state index is 12.6. The summed E-state index contributed by atoms with van der Waals surface area (Å²) in [5.74, 6) is -0.341. The summed E-state index contributed by atoms with van der Waals surface area (Å²) in [5.41, 5.74) is 2.48. The molecule has 3 aromatic rings. The van der Waals surface area contributed by atoms with E-state index in [1.807, 2.05) is 18.2 Å². The van der Waals surface area contributed by atoms with Crippen molar-refractivity contribution >= 4 is 38.6 Å². The van der Waals surface area contributed by atoms with Crippen LogP contribution < -0.4 is 9.47 Å². The molecule has 0 amide bonds. The smallest absolute Gasteiger partial charge is 0.380 e. The number of nitrogens with one attached hydrogen (secondary N) is 1. The van der Waals surface area contributed by atoms with Crippen molar-refractivity contribution in [1.82, 2.24) is 4.98 Å². The number of hydrogen-bond donors (Lipinski definition) is 1. The standard InChI is InChI=1S/C20H16BrNO5/c1-11-18(13-4-2-3-5-15(13)22-11)19(23)20(24)27-10-12-8-16-17(9-14(12)21)26-7-6-25-16/h2-5,8-9,22H,6-7,10H2,1H3.